The number of aliphatic hydroxyl groups is 1. The topological polar surface area (TPSA) is 58.6 Å². The summed E-state index contributed by atoms with van der Waals surface area (Å²) in [7, 11) is -2.73. The predicted octanol–water partition coefficient (Wildman–Crippen LogP) is 5.48. The zero-order chi connectivity index (χ0) is 18.8. The standard InChI is InChI=1S/C20H31BrNO3P/c1-2-25-26(24,16-17-8-4-3-5-9-17)13-7-12-22-20(15-23)18-10-6-11-19(21)14-18/h6-7,10-11,13-14,17,20,22-23H,2-5,8-9,12,15-16H2,1H3/b13-7+. The smallest absolute Gasteiger partial charge is 0.225 e. The number of benzene rings is 1. The molecule has 1 aromatic rings. The van der Waals surface area contributed by atoms with Gasteiger partial charge in [-0.05, 0) is 49.2 Å². The third kappa shape index (κ3) is 7.28. The van der Waals surface area contributed by atoms with Gasteiger partial charge in [-0.1, -0.05) is 53.4 Å². The normalized spacial score (nSPS) is 19.5. The highest BCUT2D eigenvalue weighted by Gasteiger charge is 2.25. The van der Waals surface area contributed by atoms with Crippen LogP contribution in [0, 0.1) is 5.92 Å². The Morgan fingerprint density at radius 1 is 1.38 bits per heavy atom. The van der Waals surface area contributed by atoms with Gasteiger partial charge >= 0.3 is 0 Å². The Morgan fingerprint density at radius 3 is 2.81 bits per heavy atom. The number of hydrogen-bond donors (Lipinski definition) is 2. The SMILES string of the molecule is CCOP(=O)(/C=C/CNC(CO)c1cccc(Br)c1)CC1CCCCC1. The Balaban J connectivity index is 1.91. The Kier molecular flexibility index (Phi) is 9.58. The van der Waals surface area contributed by atoms with Crippen molar-refractivity contribution >= 4 is 23.3 Å². The van der Waals surface area contributed by atoms with Crippen molar-refractivity contribution < 1.29 is 14.2 Å². The van der Waals surface area contributed by atoms with E-state index in [1.54, 1.807) is 5.82 Å². The first-order valence-corrected chi connectivity index (χ1v) is 12.2. The van der Waals surface area contributed by atoms with E-state index in [0.717, 1.165) is 10.0 Å². The van der Waals surface area contributed by atoms with Crippen molar-refractivity contribution in [2.24, 2.45) is 5.92 Å². The van der Waals surface area contributed by atoms with Crippen LogP contribution in [-0.2, 0) is 9.09 Å². The summed E-state index contributed by atoms with van der Waals surface area (Å²) in [6.45, 7) is 2.92. The Bertz CT molecular complexity index is 617. The van der Waals surface area contributed by atoms with Crippen LogP contribution < -0.4 is 5.32 Å². The summed E-state index contributed by atoms with van der Waals surface area (Å²) in [5.41, 5.74) is 1.02. The lowest BCUT2D eigenvalue weighted by molar-refractivity contribution is 0.248. The van der Waals surface area contributed by atoms with Gasteiger partial charge in [0.2, 0.25) is 7.37 Å². The number of hydrogen-bond acceptors (Lipinski definition) is 4. The first-order chi connectivity index (χ1) is 12.6. The molecule has 0 aliphatic heterocycles. The molecular formula is C20H31BrNO3P. The fourth-order valence-corrected chi connectivity index (χ4v) is 6.22. The fourth-order valence-electron chi connectivity index (χ4n) is 3.54. The summed E-state index contributed by atoms with van der Waals surface area (Å²) in [6.07, 6.45) is 8.66. The van der Waals surface area contributed by atoms with Crippen LogP contribution in [0.4, 0.5) is 0 Å². The lowest BCUT2D eigenvalue weighted by Crippen LogP contribution is -2.24. The van der Waals surface area contributed by atoms with Gasteiger partial charge in [0, 0.05) is 17.2 Å². The summed E-state index contributed by atoms with van der Waals surface area (Å²) in [6, 6.07) is 7.73. The van der Waals surface area contributed by atoms with Crippen LogP contribution in [0.3, 0.4) is 0 Å². The number of halogens is 1. The molecule has 1 fully saturated rings. The lowest BCUT2D eigenvalue weighted by Gasteiger charge is -2.25. The van der Waals surface area contributed by atoms with Gasteiger partial charge in [0.1, 0.15) is 0 Å². The molecule has 2 N–H and O–H groups in total. The van der Waals surface area contributed by atoms with Crippen LogP contribution >= 0.6 is 23.3 Å². The maximum Gasteiger partial charge on any atom is 0.225 e. The van der Waals surface area contributed by atoms with Gasteiger partial charge in [0.15, 0.2) is 0 Å². The van der Waals surface area contributed by atoms with E-state index < -0.39 is 7.37 Å². The Labute approximate surface area is 166 Å². The molecule has 0 bridgehead atoms. The second-order valence-corrected chi connectivity index (χ2v) is 10.2. The van der Waals surface area contributed by atoms with Crippen LogP contribution in [0.2, 0.25) is 0 Å². The van der Waals surface area contributed by atoms with E-state index in [4.69, 9.17) is 4.52 Å². The highest BCUT2D eigenvalue weighted by molar-refractivity contribution is 9.10. The molecule has 6 heteroatoms. The molecule has 1 aromatic carbocycles. The van der Waals surface area contributed by atoms with Crippen molar-refractivity contribution in [3.8, 4) is 0 Å². The van der Waals surface area contributed by atoms with Gasteiger partial charge in [-0.2, -0.15) is 0 Å². The maximum atomic E-state index is 13.1. The van der Waals surface area contributed by atoms with Gasteiger partial charge in [-0.15, -0.1) is 0 Å². The third-order valence-corrected chi connectivity index (χ3v) is 7.71. The van der Waals surface area contributed by atoms with Crippen LogP contribution in [0.1, 0.15) is 50.6 Å². The minimum absolute atomic E-state index is 0.00941. The summed E-state index contributed by atoms with van der Waals surface area (Å²) in [5, 5.41) is 12.9. The molecule has 4 nitrogen and oxygen atoms in total. The van der Waals surface area contributed by atoms with Crippen molar-refractivity contribution in [3.63, 3.8) is 0 Å². The zero-order valence-corrected chi connectivity index (χ0v) is 18.1. The van der Waals surface area contributed by atoms with E-state index in [9.17, 15) is 9.67 Å². The van der Waals surface area contributed by atoms with E-state index >= 15 is 0 Å². The minimum Gasteiger partial charge on any atom is -0.394 e. The summed E-state index contributed by atoms with van der Waals surface area (Å²) < 4.78 is 19.8. The number of aliphatic hydroxyl groups excluding tert-OH is 1. The van der Waals surface area contributed by atoms with Gasteiger partial charge in [-0.3, -0.25) is 4.57 Å². The first kappa shape index (κ1) is 21.8. The largest absolute Gasteiger partial charge is 0.394 e. The molecule has 1 aliphatic rings. The molecule has 0 aromatic heterocycles. The summed E-state index contributed by atoms with van der Waals surface area (Å²) >= 11 is 3.46. The predicted molar refractivity (Wildman–Crippen MR) is 112 cm³/mol. The second-order valence-electron chi connectivity index (χ2n) is 6.91. The van der Waals surface area contributed by atoms with Crippen LogP contribution in [0.25, 0.3) is 0 Å². The van der Waals surface area contributed by atoms with Crippen LogP contribution in [0.15, 0.2) is 40.6 Å². The van der Waals surface area contributed by atoms with Gasteiger partial charge in [-0.25, -0.2) is 0 Å². The van der Waals surface area contributed by atoms with Crippen molar-refractivity contribution in [3.05, 3.63) is 46.2 Å². The lowest BCUT2D eigenvalue weighted by atomic mass is 9.91. The molecule has 0 spiro atoms. The average Bonchev–Trinajstić information content (AvgIpc) is 2.63. The monoisotopic (exact) mass is 443 g/mol. The van der Waals surface area contributed by atoms with Gasteiger partial charge in [0.25, 0.3) is 0 Å². The first-order valence-electron chi connectivity index (χ1n) is 9.57. The second kappa shape index (κ2) is 11.4. The molecule has 0 saturated heterocycles. The van der Waals surface area contributed by atoms with E-state index in [1.807, 2.05) is 37.3 Å². The molecular weight excluding hydrogens is 413 g/mol. The molecule has 2 rings (SSSR count). The van der Waals surface area contributed by atoms with E-state index in [2.05, 4.69) is 21.2 Å². The molecule has 0 heterocycles. The van der Waals surface area contributed by atoms with Crippen molar-refractivity contribution in [2.75, 3.05) is 25.9 Å². The highest BCUT2D eigenvalue weighted by Crippen LogP contribution is 2.51. The van der Waals surface area contributed by atoms with Gasteiger partial charge < -0.3 is 14.9 Å². The molecule has 2 unspecified atom stereocenters. The van der Waals surface area contributed by atoms with E-state index in [-0.39, 0.29) is 12.6 Å². The molecule has 0 radical (unpaired) electrons. The maximum absolute atomic E-state index is 13.1. The molecule has 1 saturated carbocycles. The van der Waals surface area contributed by atoms with Crippen LogP contribution in [-0.4, -0.2) is 31.0 Å². The third-order valence-electron chi connectivity index (χ3n) is 4.83. The van der Waals surface area contributed by atoms with Gasteiger partial charge in [0.05, 0.1) is 19.3 Å². The average molecular weight is 444 g/mol. The van der Waals surface area contributed by atoms with Crippen LogP contribution in [0.5, 0.6) is 0 Å². The number of nitrogens with one attached hydrogen (secondary N) is 1. The summed E-state index contributed by atoms with van der Waals surface area (Å²) in [4.78, 5) is 0. The van der Waals surface area contributed by atoms with Crippen molar-refractivity contribution in [2.45, 2.75) is 45.1 Å². The molecule has 26 heavy (non-hydrogen) atoms. The summed E-state index contributed by atoms with van der Waals surface area (Å²) in [5.74, 6) is 2.29. The van der Waals surface area contributed by atoms with E-state index in [0.29, 0.717) is 25.2 Å². The van der Waals surface area contributed by atoms with E-state index in [1.165, 1.54) is 32.1 Å². The quantitative estimate of drug-likeness (QED) is 0.470. The molecule has 2 atom stereocenters. The Hall–Kier alpha value is -0.450. The fraction of sp³-hybridized carbons (Fsp3) is 0.600. The highest BCUT2D eigenvalue weighted by atomic mass is 79.9. The molecule has 0 amide bonds. The Morgan fingerprint density at radius 2 is 2.15 bits per heavy atom. The van der Waals surface area contributed by atoms with Crippen molar-refractivity contribution in [1.82, 2.24) is 5.32 Å². The molecule has 1 aliphatic carbocycles. The number of rotatable bonds is 10. The minimum atomic E-state index is -2.73. The van der Waals surface area contributed by atoms with Crippen molar-refractivity contribution in [1.29, 1.82) is 0 Å². The molecule has 146 valence electrons. The zero-order valence-electron chi connectivity index (χ0n) is 15.6.